The lowest BCUT2D eigenvalue weighted by molar-refractivity contribution is -0.0273. The first-order chi connectivity index (χ1) is 27.3. The Morgan fingerprint density at radius 2 is 0.764 bits per heavy atom. The Labute approximate surface area is 331 Å². The van der Waals surface area contributed by atoms with E-state index in [1.165, 1.54) is 22.3 Å². The first-order valence-corrected chi connectivity index (χ1v) is 19.8. The predicted octanol–water partition coefficient (Wildman–Crippen LogP) is 4.34. The number of halogens is 1. The fourth-order valence-corrected chi connectivity index (χ4v) is 5.48. The van der Waals surface area contributed by atoms with Crippen molar-refractivity contribution in [3.8, 4) is 11.1 Å². The van der Waals surface area contributed by atoms with Gasteiger partial charge in [-0.05, 0) is 28.7 Å². The molecule has 55 heavy (non-hydrogen) atoms. The van der Waals surface area contributed by atoms with Crippen LogP contribution < -0.4 is 5.32 Å². The van der Waals surface area contributed by atoms with Gasteiger partial charge < -0.3 is 62.2 Å². The van der Waals surface area contributed by atoms with Gasteiger partial charge >= 0.3 is 6.09 Å². The Bertz CT molecular complexity index is 1170. The van der Waals surface area contributed by atoms with Crippen LogP contribution in [0, 0.1) is 0 Å². The van der Waals surface area contributed by atoms with Crippen LogP contribution in [0.25, 0.3) is 11.1 Å². The van der Waals surface area contributed by atoms with E-state index in [1.807, 2.05) is 24.3 Å². The number of nitrogens with one attached hydrogen (secondary N) is 1. The van der Waals surface area contributed by atoms with Crippen molar-refractivity contribution in [1.29, 1.82) is 0 Å². The van der Waals surface area contributed by atoms with Crippen molar-refractivity contribution < 1.29 is 61.6 Å². The number of amides is 1. The van der Waals surface area contributed by atoms with Crippen LogP contribution in [0.5, 0.6) is 0 Å². The van der Waals surface area contributed by atoms with Crippen molar-refractivity contribution in [3.05, 3.63) is 59.7 Å². The van der Waals surface area contributed by atoms with Gasteiger partial charge in [0, 0.05) is 24.9 Å². The number of alkyl carbamates (subject to hydrolysis) is 1. The third kappa shape index (κ3) is 22.8. The number of ether oxygens (including phenoxy) is 12. The molecule has 2 aromatic rings. The summed E-state index contributed by atoms with van der Waals surface area (Å²) in [7, 11) is 0. The molecule has 0 unspecified atom stereocenters. The minimum atomic E-state index is -0.416. The molecule has 0 saturated carbocycles. The molecule has 2 aromatic carbocycles. The summed E-state index contributed by atoms with van der Waals surface area (Å²) in [6, 6.07) is 16.6. The summed E-state index contributed by atoms with van der Waals surface area (Å²) < 4.78 is 65.6. The van der Waals surface area contributed by atoms with Crippen LogP contribution in [-0.4, -0.2) is 170 Å². The fourth-order valence-electron chi connectivity index (χ4n) is 5.37. The summed E-state index contributed by atoms with van der Waals surface area (Å²) in [4.78, 5) is 12.3. The van der Waals surface area contributed by atoms with E-state index in [0.717, 1.165) is 0 Å². The normalized spacial score (nSPS) is 12.2. The van der Waals surface area contributed by atoms with Gasteiger partial charge in [0.05, 0.1) is 139 Å². The molecule has 14 nitrogen and oxygen atoms in total. The Hall–Kier alpha value is -2.44. The highest BCUT2D eigenvalue weighted by molar-refractivity contribution is 6.17. The number of hydrogen-bond donors (Lipinski definition) is 1. The second-order valence-corrected chi connectivity index (χ2v) is 12.4. The molecule has 1 aliphatic rings. The largest absolute Gasteiger partial charge is 0.449 e. The molecule has 0 bridgehead atoms. The molecule has 1 aliphatic carbocycles. The topological polar surface area (TPSA) is 140 Å². The molecule has 0 radical (unpaired) electrons. The van der Waals surface area contributed by atoms with Crippen LogP contribution in [0.15, 0.2) is 48.5 Å². The van der Waals surface area contributed by atoms with Crippen molar-refractivity contribution in [3.63, 3.8) is 0 Å². The van der Waals surface area contributed by atoms with Gasteiger partial charge in [0.1, 0.15) is 6.61 Å². The Kier molecular flexibility index (Phi) is 28.7. The molecule has 0 fully saturated rings. The molecule has 0 aromatic heterocycles. The summed E-state index contributed by atoms with van der Waals surface area (Å²) in [5.74, 6) is 0.542. The second-order valence-electron chi connectivity index (χ2n) is 12.0. The van der Waals surface area contributed by atoms with E-state index in [9.17, 15) is 4.79 Å². The van der Waals surface area contributed by atoms with Gasteiger partial charge in [-0.15, -0.1) is 11.6 Å². The van der Waals surface area contributed by atoms with Gasteiger partial charge in [-0.1, -0.05) is 48.5 Å². The third-order valence-electron chi connectivity index (χ3n) is 8.02. The molecule has 312 valence electrons. The van der Waals surface area contributed by atoms with Crippen LogP contribution in [0.2, 0.25) is 0 Å². The zero-order valence-electron chi connectivity index (χ0n) is 32.3. The number of hydrogen-bond acceptors (Lipinski definition) is 13. The lowest BCUT2D eigenvalue weighted by atomic mass is 9.98. The summed E-state index contributed by atoms with van der Waals surface area (Å²) in [5, 5.41) is 2.81. The number of rotatable bonds is 38. The number of benzene rings is 2. The van der Waals surface area contributed by atoms with Crippen molar-refractivity contribution in [2.24, 2.45) is 0 Å². The van der Waals surface area contributed by atoms with E-state index < -0.39 is 6.09 Å². The van der Waals surface area contributed by atoms with Crippen molar-refractivity contribution in [2.75, 3.05) is 164 Å². The average molecular weight is 800 g/mol. The summed E-state index contributed by atoms with van der Waals surface area (Å²) >= 11 is 5.52. The van der Waals surface area contributed by atoms with E-state index in [1.54, 1.807) is 0 Å². The quantitative estimate of drug-likeness (QED) is 0.0762. The van der Waals surface area contributed by atoms with E-state index in [2.05, 4.69) is 29.6 Å². The smallest absolute Gasteiger partial charge is 0.407 e. The maximum Gasteiger partial charge on any atom is 0.407 e. The highest BCUT2D eigenvalue weighted by Crippen LogP contribution is 2.44. The molecule has 1 N–H and O–H groups in total. The van der Waals surface area contributed by atoms with Crippen LogP contribution in [-0.2, 0) is 56.8 Å². The van der Waals surface area contributed by atoms with Crippen LogP contribution >= 0.6 is 11.6 Å². The molecule has 3 rings (SSSR count). The Morgan fingerprint density at radius 3 is 1.11 bits per heavy atom. The monoisotopic (exact) mass is 799 g/mol. The van der Waals surface area contributed by atoms with Crippen LogP contribution in [0.4, 0.5) is 4.79 Å². The van der Waals surface area contributed by atoms with Crippen LogP contribution in [0.3, 0.4) is 0 Å². The maximum atomic E-state index is 12.3. The SMILES string of the molecule is O=C(NCCCOCCOCCOCCOCCOCCOCCOCCOCCOCCOCCOCCCl)OCC1c2ccccc2-c2ccccc21. The minimum absolute atomic E-state index is 0.0488. The van der Waals surface area contributed by atoms with Gasteiger partial charge in [-0.2, -0.15) is 0 Å². The molecule has 0 heterocycles. The number of carbonyl (C=O) groups is 1. The maximum absolute atomic E-state index is 12.3. The number of carbonyl (C=O) groups excluding carboxylic acids is 1. The Balaban J connectivity index is 0.941. The first-order valence-electron chi connectivity index (χ1n) is 19.3. The summed E-state index contributed by atoms with van der Waals surface area (Å²) in [6.07, 6.45) is 0.268. The molecule has 15 heteroatoms. The molecule has 0 saturated heterocycles. The standard InChI is InChI=1S/C40H62ClNO13/c41-10-13-45-15-17-47-19-21-49-23-25-51-27-29-53-31-33-54-32-30-52-28-26-50-24-22-48-20-18-46-16-14-44-12-5-11-42-40(43)55-34-39-37-8-3-1-6-35(37)36-7-2-4-9-38(36)39/h1-4,6-9,39H,5,10-34H2,(H,42,43). The summed E-state index contributed by atoms with van der Waals surface area (Å²) in [5.41, 5.74) is 4.81. The van der Waals surface area contributed by atoms with E-state index in [4.69, 9.17) is 68.4 Å². The molecule has 0 atom stereocenters. The molecule has 0 aliphatic heterocycles. The molecule has 0 spiro atoms. The first kappa shape index (κ1) is 46.9. The number of alkyl halides is 1. The zero-order valence-corrected chi connectivity index (χ0v) is 33.0. The molecular formula is C40H62ClNO13. The average Bonchev–Trinajstić information content (AvgIpc) is 3.53. The zero-order chi connectivity index (χ0) is 38.7. The second kappa shape index (κ2) is 33.7. The van der Waals surface area contributed by atoms with Gasteiger partial charge in [-0.25, -0.2) is 4.79 Å². The highest BCUT2D eigenvalue weighted by atomic mass is 35.5. The van der Waals surface area contributed by atoms with Crippen molar-refractivity contribution >= 4 is 17.7 Å². The van der Waals surface area contributed by atoms with Gasteiger partial charge in [0.25, 0.3) is 0 Å². The van der Waals surface area contributed by atoms with Gasteiger partial charge in [0.2, 0.25) is 0 Å². The third-order valence-corrected chi connectivity index (χ3v) is 8.17. The molecule has 1 amide bonds. The van der Waals surface area contributed by atoms with Gasteiger partial charge in [0.15, 0.2) is 0 Å². The highest BCUT2D eigenvalue weighted by Gasteiger charge is 2.28. The van der Waals surface area contributed by atoms with E-state index in [0.29, 0.717) is 171 Å². The Morgan fingerprint density at radius 1 is 0.455 bits per heavy atom. The van der Waals surface area contributed by atoms with Gasteiger partial charge in [-0.3, -0.25) is 0 Å². The fraction of sp³-hybridized carbons (Fsp3) is 0.675. The van der Waals surface area contributed by atoms with E-state index in [-0.39, 0.29) is 5.92 Å². The predicted molar refractivity (Wildman–Crippen MR) is 207 cm³/mol. The van der Waals surface area contributed by atoms with Crippen LogP contribution in [0.1, 0.15) is 23.5 Å². The minimum Gasteiger partial charge on any atom is -0.449 e. The molecular weight excluding hydrogens is 738 g/mol. The van der Waals surface area contributed by atoms with E-state index >= 15 is 0 Å². The lowest BCUT2D eigenvalue weighted by Crippen LogP contribution is -2.27. The summed E-state index contributed by atoms with van der Waals surface area (Å²) in [6.45, 7) is 11.9. The van der Waals surface area contributed by atoms with Crippen molar-refractivity contribution in [2.45, 2.75) is 12.3 Å². The van der Waals surface area contributed by atoms with Crippen molar-refractivity contribution in [1.82, 2.24) is 5.32 Å². The number of fused-ring (bicyclic) bond motifs is 3. The lowest BCUT2D eigenvalue weighted by Gasteiger charge is -2.14.